The second-order valence-electron chi connectivity index (χ2n) is 6.18. The van der Waals surface area contributed by atoms with E-state index in [0.29, 0.717) is 15.8 Å². The van der Waals surface area contributed by atoms with Crippen LogP contribution in [-0.2, 0) is 15.4 Å². The number of nitro groups is 1. The van der Waals surface area contributed by atoms with E-state index in [0.717, 1.165) is 11.6 Å². The van der Waals surface area contributed by atoms with Crippen LogP contribution in [0.3, 0.4) is 0 Å². The standard InChI is InChI=1S/C19H12N2O6S.2C2H6/c1-11-5-7-14(8-6-11)28(26)27-20-18(22)15-4-2-3-12-9-13(21(24)25)10-16(17(12)15)19(20)23;2*1-2/h2-10H,1H3;2*1-2H3. The van der Waals surface area contributed by atoms with E-state index in [-0.39, 0.29) is 21.7 Å². The van der Waals surface area contributed by atoms with Gasteiger partial charge in [-0.2, -0.15) is 4.28 Å². The van der Waals surface area contributed by atoms with Gasteiger partial charge in [0.25, 0.3) is 17.5 Å². The van der Waals surface area contributed by atoms with Crippen molar-refractivity contribution >= 4 is 39.4 Å². The van der Waals surface area contributed by atoms with Crippen LogP contribution in [0.25, 0.3) is 10.8 Å². The Hall–Kier alpha value is -3.43. The zero-order valence-corrected chi connectivity index (χ0v) is 19.3. The first-order valence-electron chi connectivity index (χ1n) is 10.1. The van der Waals surface area contributed by atoms with Gasteiger partial charge in [-0.05, 0) is 30.5 Å². The van der Waals surface area contributed by atoms with Crippen LogP contribution in [-0.4, -0.2) is 26.0 Å². The highest BCUT2D eigenvalue weighted by Gasteiger charge is 2.37. The molecule has 9 heteroatoms. The molecule has 0 saturated carbocycles. The normalized spacial score (nSPS) is 13.0. The van der Waals surface area contributed by atoms with Crippen molar-refractivity contribution in [3.8, 4) is 0 Å². The number of nitro benzene ring substituents is 1. The van der Waals surface area contributed by atoms with Gasteiger partial charge in [-0.3, -0.25) is 19.7 Å². The highest BCUT2D eigenvalue weighted by atomic mass is 32.2. The number of benzene rings is 3. The number of non-ortho nitro benzene ring substituents is 1. The molecule has 0 bridgehead atoms. The number of imide groups is 1. The molecule has 1 heterocycles. The van der Waals surface area contributed by atoms with E-state index in [9.17, 15) is 23.9 Å². The van der Waals surface area contributed by atoms with Crippen LogP contribution in [0.4, 0.5) is 5.69 Å². The monoisotopic (exact) mass is 456 g/mol. The Morgan fingerprint density at radius 3 is 2.09 bits per heavy atom. The maximum absolute atomic E-state index is 12.8. The predicted molar refractivity (Wildman–Crippen MR) is 122 cm³/mol. The lowest BCUT2D eigenvalue weighted by molar-refractivity contribution is -0.384. The zero-order valence-electron chi connectivity index (χ0n) is 18.4. The van der Waals surface area contributed by atoms with Gasteiger partial charge < -0.3 is 0 Å². The molecule has 32 heavy (non-hydrogen) atoms. The van der Waals surface area contributed by atoms with E-state index in [4.69, 9.17) is 4.28 Å². The largest absolute Gasteiger partial charge is 0.287 e. The summed E-state index contributed by atoms with van der Waals surface area (Å²) in [6, 6.07) is 13.6. The van der Waals surface area contributed by atoms with E-state index < -0.39 is 27.8 Å². The van der Waals surface area contributed by atoms with E-state index in [1.165, 1.54) is 12.1 Å². The molecule has 1 unspecified atom stereocenters. The van der Waals surface area contributed by atoms with Crippen LogP contribution < -0.4 is 0 Å². The molecule has 0 spiro atoms. The van der Waals surface area contributed by atoms with Crippen molar-refractivity contribution in [2.45, 2.75) is 39.5 Å². The molecule has 3 aromatic rings. The smallest absolute Gasteiger partial charge is 0.266 e. The van der Waals surface area contributed by atoms with Gasteiger partial charge in [0.2, 0.25) is 11.1 Å². The van der Waals surface area contributed by atoms with Crippen LogP contribution in [0.2, 0.25) is 0 Å². The fourth-order valence-electron chi connectivity index (χ4n) is 3.00. The lowest BCUT2D eigenvalue weighted by atomic mass is 9.94. The number of hydroxylamine groups is 2. The molecular formula is C23H24N2O6S. The number of carbonyl (C=O) groups is 2. The quantitative estimate of drug-likeness (QED) is 0.297. The van der Waals surface area contributed by atoms with E-state index in [2.05, 4.69) is 0 Å². The van der Waals surface area contributed by atoms with Crippen LogP contribution in [0, 0.1) is 17.0 Å². The fourth-order valence-corrected chi connectivity index (χ4v) is 3.72. The van der Waals surface area contributed by atoms with Gasteiger partial charge in [0, 0.05) is 17.5 Å². The Morgan fingerprint density at radius 2 is 1.50 bits per heavy atom. The molecular weight excluding hydrogens is 432 g/mol. The first-order chi connectivity index (χ1) is 15.4. The van der Waals surface area contributed by atoms with Crippen molar-refractivity contribution in [3.05, 3.63) is 81.4 Å². The predicted octanol–water partition coefficient (Wildman–Crippen LogP) is 5.36. The van der Waals surface area contributed by atoms with E-state index in [1.54, 1.807) is 36.4 Å². The number of nitrogens with zero attached hydrogens (tertiary/aromatic N) is 2. The average Bonchev–Trinajstić information content (AvgIpc) is 2.82. The summed E-state index contributed by atoms with van der Waals surface area (Å²) in [7, 11) is 0. The SMILES string of the molecule is CC.CC.Cc1ccc(S(=O)ON2C(=O)c3cccc4cc([N+](=O)[O-])cc(c34)C2=O)cc1. The molecule has 0 aromatic heterocycles. The molecule has 0 N–H and O–H groups in total. The summed E-state index contributed by atoms with van der Waals surface area (Å²) in [5.74, 6) is -1.68. The summed E-state index contributed by atoms with van der Waals surface area (Å²) in [6.07, 6.45) is 0. The molecule has 0 fully saturated rings. The number of amides is 2. The van der Waals surface area contributed by atoms with Crippen LogP contribution in [0.5, 0.6) is 0 Å². The second-order valence-corrected chi connectivity index (χ2v) is 7.27. The number of hydrogen-bond donors (Lipinski definition) is 0. The third-order valence-corrected chi connectivity index (χ3v) is 5.30. The van der Waals surface area contributed by atoms with Crippen molar-refractivity contribution < 1.29 is 23.0 Å². The summed E-state index contributed by atoms with van der Waals surface area (Å²) in [5.41, 5.74) is 0.740. The van der Waals surface area contributed by atoms with E-state index >= 15 is 0 Å². The third kappa shape index (κ3) is 4.74. The molecule has 1 atom stereocenters. The highest BCUT2D eigenvalue weighted by molar-refractivity contribution is 7.80. The first kappa shape index (κ1) is 24.8. The van der Waals surface area contributed by atoms with Gasteiger partial charge in [-0.25, -0.2) is 4.21 Å². The van der Waals surface area contributed by atoms with Crippen molar-refractivity contribution in [1.29, 1.82) is 0 Å². The van der Waals surface area contributed by atoms with Crippen molar-refractivity contribution in [3.63, 3.8) is 0 Å². The molecule has 2 amide bonds. The Morgan fingerprint density at radius 1 is 0.906 bits per heavy atom. The Kier molecular flexibility index (Phi) is 8.34. The lowest BCUT2D eigenvalue weighted by Crippen LogP contribution is -2.40. The summed E-state index contributed by atoms with van der Waals surface area (Å²) < 4.78 is 17.6. The Labute approximate surface area is 188 Å². The molecule has 1 aliphatic rings. The summed E-state index contributed by atoms with van der Waals surface area (Å²) in [6.45, 7) is 9.86. The van der Waals surface area contributed by atoms with Crippen LogP contribution in [0.1, 0.15) is 54.0 Å². The van der Waals surface area contributed by atoms with Crippen LogP contribution >= 0.6 is 0 Å². The molecule has 0 radical (unpaired) electrons. The van der Waals surface area contributed by atoms with Crippen molar-refractivity contribution in [2.24, 2.45) is 0 Å². The number of carbonyl (C=O) groups excluding carboxylic acids is 2. The van der Waals surface area contributed by atoms with Crippen molar-refractivity contribution in [2.75, 3.05) is 0 Å². The van der Waals surface area contributed by atoms with Crippen LogP contribution in [0.15, 0.2) is 59.5 Å². The number of hydrogen-bond acceptors (Lipinski definition) is 6. The molecule has 0 aliphatic carbocycles. The Bertz CT molecular complexity index is 1190. The molecule has 0 saturated heterocycles. The maximum Gasteiger partial charge on any atom is 0.287 e. The summed E-state index contributed by atoms with van der Waals surface area (Å²) in [4.78, 5) is 36.4. The van der Waals surface area contributed by atoms with Gasteiger partial charge in [0.05, 0.1) is 20.9 Å². The van der Waals surface area contributed by atoms with Gasteiger partial charge in [-0.15, -0.1) is 5.06 Å². The topological polar surface area (TPSA) is 107 Å². The third-order valence-electron chi connectivity index (χ3n) is 4.36. The number of rotatable bonds is 4. The van der Waals surface area contributed by atoms with Gasteiger partial charge >= 0.3 is 0 Å². The summed E-state index contributed by atoms with van der Waals surface area (Å²) in [5, 5.41) is 12.3. The minimum atomic E-state index is -2.12. The minimum absolute atomic E-state index is 0.0553. The second kappa shape index (κ2) is 10.7. The molecule has 8 nitrogen and oxygen atoms in total. The molecule has 168 valence electrons. The molecule has 4 rings (SSSR count). The van der Waals surface area contributed by atoms with E-state index in [1.807, 2.05) is 34.6 Å². The highest BCUT2D eigenvalue weighted by Crippen LogP contribution is 2.34. The number of aryl methyl sites for hydroxylation is 1. The Balaban J connectivity index is 0.000000860. The minimum Gasteiger partial charge on any atom is -0.266 e. The maximum atomic E-state index is 12.8. The molecule has 3 aromatic carbocycles. The molecule has 1 aliphatic heterocycles. The van der Waals surface area contributed by atoms with Crippen molar-refractivity contribution in [1.82, 2.24) is 5.06 Å². The lowest BCUT2D eigenvalue weighted by Gasteiger charge is -2.24. The first-order valence-corrected chi connectivity index (χ1v) is 11.2. The summed E-state index contributed by atoms with van der Waals surface area (Å²) >= 11 is -2.12. The average molecular weight is 457 g/mol. The van der Waals surface area contributed by atoms with Gasteiger partial charge in [0.1, 0.15) is 0 Å². The fraction of sp³-hybridized carbons (Fsp3) is 0.217. The van der Waals surface area contributed by atoms with Gasteiger partial charge in [-0.1, -0.05) is 57.5 Å². The zero-order chi connectivity index (χ0) is 24.0. The van der Waals surface area contributed by atoms with Gasteiger partial charge in [0.15, 0.2) is 0 Å².